The van der Waals surface area contributed by atoms with Crippen LogP contribution in [0.2, 0.25) is 0 Å². The summed E-state index contributed by atoms with van der Waals surface area (Å²) in [5.41, 5.74) is -1.33. The van der Waals surface area contributed by atoms with Crippen LogP contribution in [0, 0.1) is 0 Å². The van der Waals surface area contributed by atoms with Gasteiger partial charge in [0, 0.05) is 23.8 Å². The summed E-state index contributed by atoms with van der Waals surface area (Å²) in [6.07, 6.45) is -4.05. The van der Waals surface area contributed by atoms with E-state index in [0.29, 0.717) is 22.3 Å². The average molecular weight is 431 g/mol. The molecule has 2 aromatic carbocycles. The summed E-state index contributed by atoms with van der Waals surface area (Å²) < 4.78 is 69.6. The lowest BCUT2D eigenvalue weighted by Gasteiger charge is -2.36. The lowest BCUT2D eigenvalue weighted by molar-refractivity contribution is -0.138. The number of nitrogens with one attached hydrogen (secondary N) is 1. The lowest BCUT2D eigenvalue weighted by atomic mass is 9.73. The average Bonchev–Trinajstić information content (AvgIpc) is 2.69. The molecule has 0 saturated carbocycles. The molecule has 29 heavy (non-hydrogen) atoms. The topological polar surface area (TPSA) is 38.3 Å². The van der Waals surface area contributed by atoms with E-state index in [-0.39, 0.29) is 31.6 Å². The Morgan fingerprint density at radius 2 is 1.72 bits per heavy atom. The zero-order valence-corrected chi connectivity index (χ0v) is 16.0. The van der Waals surface area contributed by atoms with Crippen LogP contribution in [0.25, 0.3) is 0 Å². The molecule has 156 valence electrons. The standard InChI is InChI=1S/C20H18F5NO2S/c21-18(22)29-16-6-4-15(5-7-16)26-17(27)19(8-10-28-11-9-19)13-2-1-3-14(12-13)20(23,24)25/h1-7,12,18H,8-11H2,(H,26,27). The molecule has 3 nitrogen and oxygen atoms in total. The normalized spacial score (nSPS) is 16.6. The van der Waals surface area contributed by atoms with Gasteiger partial charge in [0.05, 0.1) is 11.0 Å². The first-order valence-corrected chi connectivity index (χ1v) is 9.70. The van der Waals surface area contributed by atoms with Crippen LogP contribution in [0.3, 0.4) is 0 Å². The molecule has 1 fully saturated rings. The van der Waals surface area contributed by atoms with Gasteiger partial charge in [-0.25, -0.2) is 0 Å². The number of thioether (sulfide) groups is 1. The molecule has 1 aliphatic heterocycles. The Hall–Kier alpha value is -2.13. The summed E-state index contributed by atoms with van der Waals surface area (Å²) >= 11 is 0.385. The maximum Gasteiger partial charge on any atom is 0.416 e. The van der Waals surface area contributed by atoms with Crippen molar-refractivity contribution in [3.8, 4) is 0 Å². The van der Waals surface area contributed by atoms with E-state index < -0.39 is 28.8 Å². The molecule has 1 aliphatic rings. The van der Waals surface area contributed by atoms with Crippen LogP contribution in [0.1, 0.15) is 24.0 Å². The van der Waals surface area contributed by atoms with Crippen LogP contribution < -0.4 is 5.32 Å². The number of amides is 1. The third-order valence-corrected chi connectivity index (χ3v) is 5.58. The number of carbonyl (C=O) groups excluding carboxylic acids is 1. The Morgan fingerprint density at radius 3 is 2.31 bits per heavy atom. The van der Waals surface area contributed by atoms with Gasteiger partial charge in [-0.2, -0.15) is 22.0 Å². The van der Waals surface area contributed by atoms with Gasteiger partial charge in [-0.3, -0.25) is 4.79 Å². The molecular weight excluding hydrogens is 413 g/mol. The largest absolute Gasteiger partial charge is 0.416 e. The number of hydrogen-bond donors (Lipinski definition) is 1. The van der Waals surface area contributed by atoms with Gasteiger partial charge in [-0.15, -0.1) is 0 Å². The van der Waals surface area contributed by atoms with Crippen molar-refractivity contribution in [3.05, 3.63) is 59.7 Å². The Kier molecular flexibility index (Phi) is 6.48. The summed E-state index contributed by atoms with van der Waals surface area (Å²) in [6, 6.07) is 10.7. The lowest BCUT2D eigenvalue weighted by Crippen LogP contribution is -2.45. The smallest absolute Gasteiger partial charge is 0.381 e. The minimum Gasteiger partial charge on any atom is -0.381 e. The molecule has 0 aromatic heterocycles. The van der Waals surface area contributed by atoms with Crippen LogP contribution in [-0.2, 0) is 21.1 Å². The van der Waals surface area contributed by atoms with Crippen molar-refractivity contribution in [1.82, 2.24) is 0 Å². The van der Waals surface area contributed by atoms with E-state index in [4.69, 9.17) is 4.74 Å². The number of anilines is 1. The first kappa shape index (κ1) is 21.6. The molecule has 9 heteroatoms. The van der Waals surface area contributed by atoms with Crippen molar-refractivity contribution >= 4 is 23.4 Å². The molecule has 1 heterocycles. The van der Waals surface area contributed by atoms with E-state index >= 15 is 0 Å². The van der Waals surface area contributed by atoms with E-state index in [1.165, 1.54) is 36.4 Å². The van der Waals surface area contributed by atoms with E-state index in [2.05, 4.69) is 5.32 Å². The summed E-state index contributed by atoms with van der Waals surface area (Å²) in [5.74, 6) is -3.00. The number of ether oxygens (including phenoxy) is 1. The summed E-state index contributed by atoms with van der Waals surface area (Å²) in [4.78, 5) is 13.5. The van der Waals surface area contributed by atoms with E-state index in [1.807, 2.05) is 0 Å². The van der Waals surface area contributed by atoms with Crippen LogP contribution in [0.15, 0.2) is 53.4 Å². The second-order valence-corrected chi connectivity index (χ2v) is 7.69. The van der Waals surface area contributed by atoms with Gasteiger partial charge in [0.15, 0.2) is 0 Å². The van der Waals surface area contributed by atoms with Crippen LogP contribution >= 0.6 is 11.8 Å². The Balaban J connectivity index is 1.87. The molecule has 0 radical (unpaired) electrons. The Bertz CT molecular complexity index is 849. The Labute approximate surface area is 168 Å². The van der Waals surface area contributed by atoms with Crippen LogP contribution in [0.4, 0.5) is 27.6 Å². The quantitative estimate of drug-likeness (QED) is 0.487. The highest BCUT2D eigenvalue weighted by molar-refractivity contribution is 7.99. The zero-order chi connectivity index (χ0) is 21.1. The van der Waals surface area contributed by atoms with Crippen molar-refractivity contribution in [1.29, 1.82) is 0 Å². The molecule has 2 aromatic rings. The van der Waals surface area contributed by atoms with Gasteiger partial charge in [0.25, 0.3) is 5.76 Å². The van der Waals surface area contributed by atoms with Gasteiger partial charge >= 0.3 is 6.18 Å². The van der Waals surface area contributed by atoms with E-state index in [1.54, 1.807) is 0 Å². The van der Waals surface area contributed by atoms with Gasteiger partial charge < -0.3 is 10.1 Å². The maximum absolute atomic E-state index is 13.2. The summed E-state index contributed by atoms with van der Waals surface area (Å²) in [7, 11) is 0. The second-order valence-electron chi connectivity index (χ2n) is 6.63. The molecule has 1 N–H and O–H groups in total. The molecular formula is C20H18F5NO2S. The van der Waals surface area contributed by atoms with Gasteiger partial charge in [0.2, 0.25) is 5.91 Å². The van der Waals surface area contributed by atoms with Gasteiger partial charge in [0.1, 0.15) is 0 Å². The predicted octanol–water partition coefficient (Wildman–Crippen LogP) is 5.71. The van der Waals surface area contributed by atoms with Crippen molar-refractivity contribution in [3.63, 3.8) is 0 Å². The molecule has 0 unspecified atom stereocenters. The number of hydrogen-bond acceptors (Lipinski definition) is 3. The van der Waals surface area contributed by atoms with Crippen LogP contribution in [-0.4, -0.2) is 24.9 Å². The molecule has 0 spiro atoms. The highest BCUT2D eigenvalue weighted by Crippen LogP contribution is 2.39. The first-order chi connectivity index (χ1) is 13.7. The third kappa shape index (κ3) is 5.08. The van der Waals surface area contributed by atoms with Gasteiger partial charge in [-0.05, 0) is 48.7 Å². The first-order valence-electron chi connectivity index (χ1n) is 8.82. The van der Waals surface area contributed by atoms with E-state index in [0.717, 1.165) is 12.1 Å². The molecule has 0 bridgehead atoms. The van der Waals surface area contributed by atoms with E-state index in [9.17, 15) is 26.7 Å². The number of rotatable bonds is 5. The number of benzene rings is 2. The summed E-state index contributed by atoms with van der Waals surface area (Å²) in [6.45, 7) is 0.487. The summed E-state index contributed by atoms with van der Waals surface area (Å²) in [5, 5.41) is 2.72. The minimum absolute atomic E-state index is 0.236. The highest BCUT2D eigenvalue weighted by atomic mass is 32.2. The van der Waals surface area contributed by atoms with Gasteiger partial charge in [-0.1, -0.05) is 30.0 Å². The SMILES string of the molecule is O=C(Nc1ccc(SC(F)F)cc1)C1(c2cccc(C(F)(F)F)c2)CCOCC1. The fourth-order valence-electron chi connectivity index (χ4n) is 3.33. The molecule has 3 rings (SSSR count). The number of carbonyl (C=O) groups is 1. The van der Waals surface area contributed by atoms with Crippen molar-refractivity contribution < 1.29 is 31.5 Å². The van der Waals surface area contributed by atoms with Crippen molar-refractivity contribution in [2.45, 2.75) is 35.1 Å². The van der Waals surface area contributed by atoms with Crippen molar-refractivity contribution in [2.24, 2.45) is 0 Å². The van der Waals surface area contributed by atoms with Crippen LogP contribution in [0.5, 0.6) is 0 Å². The predicted molar refractivity (Wildman–Crippen MR) is 100 cm³/mol. The Morgan fingerprint density at radius 1 is 1.07 bits per heavy atom. The fourth-order valence-corrected chi connectivity index (χ4v) is 3.83. The second kappa shape index (κ2) is 8.71. The highest BCUT2D eigenvalue weighted by Gasteiger charge is 2.43. The fraction of sp³-hybridized carbons (Fsp3) is 0.350. The molecule has 0 aliphatic carbocycles. The molecule has 1 saturated heterocycles. The number of alkyl halides is 5. The number of halogens is 5. The zero-order valence-electron chi connectivity index (χ0n) is 15.1. The monoisotopic (exact) mass is 431 g/mol. The third-order valence-electron chi connectivity index (χ3n) is 4.86. The van der Waals surface area contributed by atoms with Crippen molar-refractivity contribution in [2.75, 3.05) is 18.5 Å². The minimum atomic E-state index is -4.52. The molecule has 1 amide bonds. The maximum atomic E-state index is 13.2. The molecule has 0 atom stereocenters.